The van der Waals surface area contributed by atoms with E-state index < -0.39 is 12.0 Å². The van der Waals surface area contributed by atoms with Crippen LogP contribution < -0.4 is 4.74 Å². The first-order valence-electron chi connectivity index (χ1n) is 8.39. The van der Waals surface area contributed by atoms with Crippen molar-refractivity contribution in [3.8, 4) is 5.75 Å². The van der Waals surface area contributed by atoms with Crippen molar-refractivity contribution in [2.45, 2.75) is 38.3 Å². The third-order valence-corrected chi connectivity index (χ3v) is 5.73. The van der Waals surface area contributed by atoms with E-state index in [1.807, 2.05) is 24.0 Å². The highest BCUT2D eigenvalue weighted by Crippen LogP contribution is 2.41. The third-order valence-electron chi connectivity index (χ3n) is 4.68. The van der Waals surface area contributed by atoms with E-state index in [-0.39, 0.29) is 11.9 Å². The molecule has 25 heavy (non-hydrogen) atoms. The number of aliphatic carboxylic acids is 1. The summed E-state index contributed by atoms with van der Waals surface area (Å²) in [6.45, 7) is 2.68. The summed E-state index contributed by atoms with van der Waals surface area (Å²) in [6, 6.07) is 7.55. The maximum absolute atomic E-state index is 14.0. The van der Waals surface area contributed by atoms with E-state index in [1.54, 1.807) is 24.5 Å². The van der Waals surface area contributed by atoms with Crippen molar-refractivity contribution in [1.29, 1.82) is 0 Å². The lowest BCUT2D eigenvalue weighted by Crippen LogP contribution is -2.46. The van der Waals surface area contributed by atoms with Crippen LogP contribution in [0, 0.1) is 12.7 Å². The standard InChI is InChI=1S/C19H22FNO3S/c1-12-6-9-17(25-12)18(14-11-13(20)7-8-16(14)24-2)21-10-4-3-5-15(21)19(22)23/h6-9,11,15,18H,3-5,10H2,1-2H3,(H,22,23). The number of methoxy groups -OCH3 is 1. The van der Waals surface area contributed by atoms with Crippen LogP contribution in [0.3, 0.4) is 0 Å². The molecule has 3 rings (SSSR count). The zero-order chi connectivity index (χ0) is 18.0. The van der Waals surface area contributed by atoms with Gasteiger partial charge < -0.3 is 9.84 Å². The molecule has 0 aliphatic carbocycles. The Morgan fingerprint density at radius 2 is 2.16 bits per heavy atom. The van der Waals surface area contributed by atoms with Crippen molar-refractivity contribution >= 4 is 17.3 Å². The lowest BCUT2D eigenvalue weighted by atomic mass is 9.94. The Labute approximate surface area is 150 Å². The summed E-state index contributed by atoms with van der Waals surface area (Å²) in [5.41, 5.74) is 0.678. The molecule has 1 N–H and O–H groups in total. The molecule has 0 saturated carbocycles. The summed E-state index contributed by atoms with van der Waals surface area (Å²) in [7, 11) is 1.55. The first-order valence-corrected chi connectivity index (χ1v) is 9.21. The normalized spacial score (nSPS) is 19.6. The van der Waals surface area contributed by atoms with Crippen molar-refractivity contribution in [2.75, 3.05) is 13.7 Å². The van der Waals surface area contributed by atoms with Gasteiger partial charge in [-0.05, 0) is 56.6 Å². The number of carboxylic acid groups (broad SMARTS) is 1. The summed E-state index contributed by atoms with van der Waals surface area (Å²) in [6.07, 6.45) is 2.43. The fourth-order valence-electron chi connectivity index (χ4n) is 3.54. The molecule has 2 atom stereocenters. The van der Waals surface area contributed by atoms with Crippen LogP contribution in [0.15, 0.2) is 30.3 Å². The molecule has 1 aromatic carbocycles. The summed E-state index contributed by atoms with van der Waals surface area (Å²) < 4.78 is 19.5. The maximum atomic E-state index is 14.0. The number of aryl methyl sites for hydroxylation is 1. The molecule has 2 unspecified atom stereocenters. The molecule has 6 heteroatoms. The number of likely N-dealkylation sites (tertiary alicyclic amines) is 1. The first kappa shape index (κ1) is 17.9. The first-order chi connectivity index (χ1) is 12.0. The number of carboxylic acids is 1. The van der Waals surface area contributed by atoms with E-state index in [0.29, 0.717) is 24.3 Å². The van der Waals surface area contributed by atoms with Crippen LogP contribution in [0.4, 0.5) is 4.39 Å². The van der Waals surface area contributed by atoms with Crippen LogP contribution in [-0.2, 0) is 4.79 Å². The Hall–Kier alpha value is -1.92. The zero-order valence-electron chi connectivity index (χ0n) is 14.4. The SMILES string of the molecule is COc1ccc(F)cc1C(c1ccc(C)s1)N1CCCCC1C(=O)O. The molecule has 0 bridgehead atoms. The monoisotopic (exact) mass is 363 g/mol. The summed E-state index contributed by atoms with van der Waals surface area (Å²) in [4.78, 5) is 15.9. The minimum absolute atomic E-state index is 0.328. The van der Waals surface area contributed by atoms with E-state index in [9.17, 15) is 14.3 Å². The Morgan fingerprint density at radius 3 is 2.80 bits per heavy atom. The molecular formula is C19H22FNO3S. The Balaban J connectivity index is 2.13. The van der Waals surface area contributed by atoms with Gasteiger partial charge in [0.05, 0.1) is 13.2 Å². The quantitative estimate of drug-likeness (QED) is 0.864. The minimum Gasteiger partial charge on any atom is -0.496 e. The van der Waals surface area contributed by atoms with Gasteiger partial charge in [0, 0.05) is 15.3 Å². The molecule has 0 amide bonds. The largest absolute Gasteiger partial charge is 0.496 e. The summed E-state index contributed by atoms with van der Waals surface area (Å²) >= 11 is 1.61. The fraction of sp³-hybridized carbons (Fsp3) is 0.421. The smallest absolute Gasteiger partial charge is 0.320 e. The zero-order valence-corrected chi connectivity index (χ0v) is 15.2. The molecule has 134 valence electrons. The molecule has 1 aromatic heterocycles. The van der Waals surface area contributed by atoms with Gasteiger partial charge in [-0.1, -0.05) is 6.42 Å². The number of rotatable bonds is 5. The number of hydrogen-bond donors (Lipinski definition) is 1. The van der Waals surface area contributed by atoms with E-state index in [0.717, 1.165) is 22.6 Å². The van der Waals surface area contributed by atoms with Gasteiger partial charge in [-0.15, -0.1) is 11.3 Å². The average Bonchev–Trinajstić information content (AvgIpc) is 3.02. The van der Waals surface area contributed by atoms with Gasteiger partial charge in [-0.3, -0.25) is 9.69 Å². The van der Waals surface area contributed by atoms with Crippen LogP contribution in [-0.4, -0.2) is 35.7 Å². The molecule has 0 spiro atoms. The van der Waals surface area contributed by atoms with Crippen LogP contribution in [0.1, 0.15) is 40.6 Å². The van der Waals surface area contributed by atoms with Crippen molar-refractivity contribution in [3.05, 3.63) is 51.5 Å². The van der Waals surface area contributed by atoms with Crippen LogP contribution in [0.2, 0.25) is 0 Å². The van der Waals surface area contributed by atoms with Gasteiger partial charge in [0.25, 0.3) is 0 Å². The highest BCUT2D eigenvalue weighted by Gasteiger charge is 2.37. The van der Waals surface area contributed by atoms with Gasteiger partial charge in [-0.25, -0.2) is 4.39 Å². The highest BCUT2D eigenvalue weighted by atomic mass is 32.1. The predicted octanol–water partition coefficient (Wildman–Crippen LogP) is 4.23. The van der Waals surface area contributed by atoms with E-state index in [4.69, 9.17) is 4.74 Å². The van der Waals surface area contributed by atoms with Gasteiger partial charge >= 0.3 is 5.97 Å². The average molecular weight is 363 g/mol. The molecule has 1 aliphatic rings. The molecule has 0 radical (unpaired) electrons. The molecule has 2 heterocycles. The number of ether oxygens (including phenoxy) is 1. The van der Waals surface area contributed by atoms with Gasteiger partial charge in [0.15, 0.2) is 0 Å². The minimum atomic E-state index is -0.826. The lowest BCUT2D eigenvalue weighted by molar-refractivity contribution is -0.145. The number of piperidine rings is 1. The number of carbonyl (C=O) groups is 1. The Bertz CT molecular complexity index is 761. The summed E-state index contributed by atoms with van der Waals surface area (Å²) in [5.74, 6) is -0.599. The second kappa shape index (κ2) is 7.54. The fourth-order valence-corrected chi connectivity index (χ4v) is 4.56. The van der Waals surface area contributed by atoms with Crippen molar-refractivity contribution in [3.63, 3.8) is 0 Å². The molecule has 1 fully saturated rings. The van der Waals surface area contributed by atoms with Gasteiger partial charge in [0.2, 0.25) is 0 Å². The topological polar surface area (TPSA) is 49.8 Å². The Kier molecular flexibility index (Phi) is 5.39. The molecule has 1 saturated heterocycles. The van der Waals surface area contributed by atoms with Gasteiger partial charge in [-0.2, -0.15) is 0 Å². The van der Waals surface area contributed by atoms with Crippen LogP contribution in [0.5, 0.6) is 5.75 Å². The number of benzene rings is 1. The maximum Gasteiger partial charge on any atom is 0.320 e. The van der Waals surface area contributed by atoms with E-state index in [2.05, 4.69) is 0 Å². The molecule has 4 nitrogen and oxygen atoms in total. The van der Waals surface area contributed by atoms with Crippen LogP contribution in [0.25, 0.3) is 0 Å². The number of thiophene rings is 1. The lowest BCUT2D eigenvalue weighted by Gasteiger charge is -2.39. The van der Waals surface area contributed by atoms with Crippen LogP contribution >= 0.6 is 11.3 Å². The Morgan fingerprint density at radius 1 is 1.36 bits per heavy atom. The number of halogens is 1. The third kappa shape index (κ3) is 3.70. The van der Waals surface area contributed by atoms with Crippen molar-refractivity contribution in [2.24, 2.45) is 0 Å². The second-order valence-electron chi connectivity index (χ2n) is 6.32. The van der Waals surface area contributed by atoms with E-state index >= 15 is 0 Å². The molecule has 1 aliphatic heterocycles. The summed E-state index contributed by atoms with van der Waals surface area (Å²) in [5, 5.41) is 9.69. The highest BCUT2D eigenvalue weighted by molar-refractivity contribution is 7.12. The molecule has 2 aromatic rings. The number of nitrogens with zero attached hydrogens (tertiary/aromatic N) is 1. The van der Waals surface area contributed by atoms with Crippen molar-refractivity contribution in [1.82, 2.24) is 4.90 Å². The van der Waals surface area contributed by atoms with Gasteiger partial charge in [0.1, 0.15) is 17.6 Å². The van der Waals surface area contributed by atoms with E-state index in [1.165, 1.54) is 12.1 Å². The second-order valence-corrected chi connectivity index (χ2v) is 7.64. The number of hydrogen-bond acceptors (Lipinski definition) is 4. The predicted molar refractivity (Wildman–Crippen MR) is 95.8 cm³/mol. The van der Waals surface area contributed by atoms with Crippen molar-refractivity contribution < 1.29 is 19.0 Å². The molecular weight excluding hydrogens is 341 g/mol.